The molecule has 2 aromatic heterocycles. The smallest absolute Gasteiger partial charge is 0.246 e. The van der Waals surface area contributed by atoms with E-state index < -0.39 is 0 Å². The van der Waals surface area contributed by atoms with Gasteiger partial charge in [-0.05, 0) is 37.4 Å². The largest absolute Gasteiger partial charge is 0.337 e. The Morgan fingerprint density at radius 2 is 2.08 bits per heavy atom. The van der Waals surface area contributed by atoms with Crippen LogP contribution in [0.1, 0.15) is 19.7 Å². The summed E-state index contributed by atoms with van der Waals surface area (Å²) in [6.07, 6.45) is 0. The van der Waals surface area contributed by atoms with E-state index in [0.717, 1.165) is 9.77 Å². The van der Waals surface area contributed by atoms with Crippen molar-refractivity contribution < 1.29 is 9.32 Å². The summed E-state index contributed by atoms with van der Waals surface area (Å²) in [4.78, 5) is 20.9. The van der Waals surface area contributed by atoms with E-state index in [1.807, 2.05) is 61.7 Å². The van der Waals surface area contributed by atoms with Crippen LogP contribution < -0.4 is 0 Å². The summed E-state index contributed by atoms with van der Waals surface area (Å²) in [5, 5.41) is 5.79. The van der Waals surface area contributed by atoms with Gasteiger partial charge in [0.2, 0.25) is 17.6 Å². The number of nitrogens with zero attached hydrogens (tertiary/aromatic N) is 3. The maximum Gasteiger partial charge on any atom is 0.246 e. The number of rotatable bonds is 7. The predicted octanol–water partition coefficient (Wildman–Crippen LogP) is 4.33. The zero-order valence-corrected chi connectivity index (χ0v) is 15.7. The molecule has 0 saturated carbocycles. The van der Waals surface area contributed by atoms with Crippen molar-refractivity contribution in [3.05, 3.63) is 53.7 Å². The van der Waals surface area contributed by atoms with Gasteiger partial charge in [-0.2, -0.15) is 4.98 Å². The van der Waals surface area contributed by atoms with E-state index in [9.17, 15) is 4.79 Å². The first kappa shape index (κ1) is 17.7. The fraction of sp³-hybridized carbons (Fsp3) is 0.278. The number of thiophene rings is 1. The normalized spacial score (nSPS) is 12.1. The minimum Gasteiger partial charge on any atom is -0.337 e. The lowest BCUT2D eigenvalue weighted by Gasteiger charge is -2.22. The Hall–Kier alpha value is -2.12. The molecule has 3 rings (SSSR count). The second kappa shape index (κ2) is 8.31. The van der Waals surface area contributed by atoms with Gasteiger partial charge in [0.05, 0.1) is 10.1 Å². The van der Waals surface area contributed by atoms with Crippen molar-refractivity contribution >= 4 is 29.0 Å². The minimum absolute atomic E-state index is 0.0622. The highest BCUT2D eigenvalue weighted by molar-refractivity contribution is 8.00. The third-order valence-electron chi connectivity index (χ3n) is 3.63. The van der Waals surface area contributed by atoms with Crippen LogP contribution in [0.3, 0.4) is 0 Å². The molecule has 0 aliphatic heterocycles. The quantitative estimate of drug-likeness (QED) is 0.577. The number of hydrogen-bond acceptors (Lipinski definition) is 6. The lowest BCUT2D eigenvalue weighted by molar-refractivity contribution is -0.131. The fourth-order valence-corrected chi connectivity index (χ4v) is 3.97. The molecule has 0 aliphatic carbocycles. The van der Waals surface area contributed by atoms with Crippen LogP contribution in [0.15, 0.2) is 57.3 Å². The molecule has 1 aromatic carbocycles. The number of carbonyl (C=O) groups excluding carboxylic acids is 1. The number of thioether (sulfide) groups is 1. The molecule has 0 fully saturated rings. The monoisotopic (exact) mass is 373 g/mol. The SMILES string of the molecule is CCN(Cc1nc(-c2cccs2)no1)C(=O)[C@@H](C)Sc1ccccc1. The number of aromatic nitrogens is 2. The Bertz CT molecular complexity index is 803. The van der Waals surface area contributed by atoms with Crippen molar-refractivity contribution in [1.29, 1.82) is 0 Å². The van der Waals surface area contributed by atoms with Crippen LogP contribution in [0.5, 0.6) is 0 Å². The molecule has 5 nitrogen and oxygen atoms in total. The van der Waals surface area contributed by atoms with E-state index in [1.54, 1.807) is 28.0 Å². The van der Waals surface area contributed by atoms with Gasteiger partial charge in [-0.3, -0.25) is 4.79 Å². The summed E-state index contributed by atoms with van der Waals surface area (Å²) in [7, 11) is 0. The summed E-state index contributed by atoms with van der Waals surface area (Å²) in [5.41, 5.74) is 0. The van der Waals surface area contributed by atoms with Gasteiger partial charge in [0.15, 0.2) is 0 Å². The van der Waals surface area contributed by atoms with Gasteiger partial charge in [-0.15, -0.1) is 23.1 Å². The van der Waals surface area contributed by atoms with Gasteiger partial charge in [0, 0.05) is 11.4 Å². The van der Waals surface area contributed by atoms with E-state index in [2.05, 4.69) is 10.1 Å². The van der Waals surface area contributed by atoms with Gasteiger partial charge < -0.3 is 9.42 Å². The van der Waals surface area contributed by atoms with Gasteiger partial charge in [0.1, 0.15) is 6.54 Å². The number of carbonyl (C=O) groups is 1. The molecule has 0 bridgehead atoms. The summed E-state index contributed by atoms with van der Waals surface area (Å²) >= 11 is 3.11. The highest BCUT2D eigenvalue weighted by atomic mass is 32.2. The van der Waals surface area contributed by atoms with Crippen molar-refractivity contribution in [3.8, 4) is 10.7 Å². The molecule has 0 N–H and O–H groups in total. The molecule has 0 spiro atoms. The van der Waals surface area contributed by atoms with Gasteiger partial charge in [0.25, 0.3) is 0 Å². The molecule has 1 atom stereocenters. The second-order valence-corrected chi connectivity index (χ2v) is 7.78. The van der Waals surface area contributed by atoms with Crippen LogP contribution in [0, 0.1) is 0 Å². The minimum atomic E-state index is -0.179. The molecule has 0 aliphatic rings. The van der Waals surface area contributed by atoms with Crippen molar-refractivity contribution in [2.75, 3.05) is 6.54 Å². The van der Waals surface area contributed by atoms with Gasteiger partial charge in [-0.25, -0.2) is 0 Å². The molecule has 130 valence electrons. The maximum absolute atomic E-state index is 12.7. The molecule has 1 amide bonds. The Morgan fingerprint density at radius 3 is 2.76 bits per heavy atom. The first-order valence-electron chi connectivity index (χ1n) is 8.04. The molecule has 0 unspecified atom stereocenters. The maximum atomic E-state index is 12.7. The van der Waals surface area contributed by atoms with E-state index in [4.69, 9.17) is 4.52 Å². The van der Waals surface area contributed by atoms with Crippen LogP contribution in [-0.2, 0) is 11.3 Å². The average molecular weight is 374 g/mol. The van der Waals surface area contributed by atoms with E-state index in [-0.39, 0.29) is 11.2 Å². The first-order valence-corrected chi connectivity index (χ1v) is 9.80. The topological polar surface area (TPSA) is 59.2 Å². The Morgan fingerprint density at radius 1 is 1.28 bits per heavy atom. The third-order valence-corrected chi connectivity index (χ3v) is 5.60. The van der Waals surface area contributed by atoms with Crippen LogP contribution in [0.2, 0.25) is 0 Å². The van der Waals surface area contributed by atoms with Crippen molar-refractivity contribution in [1.82, 2.24) is 15.0 Å². The molecule has 7 heteroatoms. The zero-order chi connectivity index (χ0) is 17.6. The molecular formula is C18H19N3O2S2. The summed E-state index contributed by atoms with van der Waals surface area (Å²) in [5.74, 6) is 1.09. The fourth-order valence-electron chi connectivity index (χ4n) is 2.34. The van der Waals surface area contributed by atoms with E-state index in [1.165, 1.54) is 0 Å². The Kier molecular flexibility index (Phi) is 5.88. The van der Waals surface area contributed by atoms with Crippen molar-refractivity contribution in [3.63, 3.8) is 0 Å². The summed E-state index contributed by atoms with van der Waals surface area (Å²) in [6, 6.07) is 13.8. The lowest BCUT2D eigenvalue weighted by atomic mass is 10.3. The predicted molar refractivity (Wildman–Crippen MR) is 100 cm³/mol. The highest BCUT2D eigenvalue weighted by Gasteiger charge is 2.22. The third kappa shape index (κ3) is 4.49. The van der Waals surface area contributed by atoms with Crippen molar-refractivity contribution in [2.45, 2.75) is 30.5 Å². The second-order valence-electron chi connectivity index (χ2n) is 5.41. The van der Waals surface area contributed by atoms with E-state index >= 15 is 0 Å². The molecule has 2 heterocycles. The van der Waals surface area contributed by atoms with Crippen LogP contribution >= 0.6 is 23.1 Å². The first-order chi connectivity index (χ1) is 12.2. The Labute approximate surface area is 155 Å². The highest BCUT2D eigenvalue weighted by Crippen LogP contribution is 2.25. The zero-order valence-electron chi connectivity index (χ0n) is 14.1. The molecular weight excluding hydrogens is 354 g/mol. The number of amides is 1. The Balaban J connectivity index is 1.64. The standard InChI is InChI=1S/C18H19N3O2S2/c1-3-21(18(22)13(2)25-14-8-5-4-6-9-14)12-16-19-17(20-23-16)15-10-7-11-24-15/h4-11,13H,3,12H2,1-2H3/t13-/m1/s1. The number of hydrogen-bond donors (Lipinski definition) is 0. The van der Waals surface area contributed by atoms with Crippen LogP contribution in [0.4, 0.5) is 0 Å². The lowest BCUT2D eigenvalue weighted by Crippen LogP contribution is -2.36. The molecule has 25 heavy (non-hydrogen) atoms. The van der Waals surface area contributed by atoms with Gasteiger partial charge >= 0.3 is 0 Å². The van der Waals surface area contributed by atoms with Crippen LogP contribution in [0.25, 0.3) is 10.7 Å². The summed E-state index contributed by atoms with van der Waals surface area (Å²) < 4.78 is 5.31. The van der Waals surface area contributed by atoms with Crippen molar-refractivity contribution in [2.24, 2.45) is 0 Å². The number of benzene rings is 1. The average Bonchev–Trinajstić information content (AvgIpc) is 3.31. The molecule has 3 aromatic rings. The summed E-state index contributed by atoms with van der Waals surface area (Å²) in [6.45, 7) is 4.80. The molecule has 0 saturated heterocycles. The van der Waals surface area contributed by atoms with E-state index in [0.29, 0.717) is 24.8 Å². The van der Waals surface area contributed by atoms with Gasteiger partial charge in [-0.1, -0.05) is 29.4 Å². The van der Waals surface area contributed by atoms with Crippen LogP contribution in [-0.4, -0.2) is 32.7 Å². The molecule has 0 radical (unpaired) electrons.